The second-order valence-electron chi connectivity index (χ2n) is 5.89. The summed E-state index contributed by atoms with van der Waals surface area (Å²) in [5.41, 5.74) is 1.58. The molecule has 2 amide bonds. The highest BCUT2D eigenvalue weighted by molar-refractivity contribution is 5.96. The van der Waals surface area contributed by atoms with Gasteiger partial charge in [-0.1, -0.05) is 18.2 Å². The van der Waals surface area contributed by atoms with Crippen LogP contribution in [0.5, 0.6) is 0 Å². The van der Waals surface area contributed by atoms with Gasteiger partial charge in [0, 0.05) is 43.2 Å². The van der Waals surface area contributed by atoms with Gasteiger partial charge < -0.3 is 10.2 Å². The first-order valence-corrected chi connectivity index (χ1v) is 8.27. The van der Waals surface area contributed by atoms with Crippen LogP contribution in [0.3, 0.4) is 0 Å². The third-order valence-corrected chi connectivity index (χ3v) is 3.96. The summed E-state index contributed by atoms with van der Waals surface area (Å²) in [5, 5.41) is 2.65. The number of nitrogens with zero attached hydrogens (tertiary/aromatic N) is 1. The molecule has 26 heavy (non-hydrogen) atoms. The second-order valence-corrected chi connectivity index (χ2v) is 5.89. The standard InChI is InChI=1S/C20H21FN2O3/c1-14(24)16-7-9-18(10-8-16)23(15(2)25)12-11-20(26)22-13-17-5-3-4-6-19(17)21/h3-10H,11-13H2,1-2H3,(H,22,26). The molecule has 2 rings (SSSR count). The van der Waals surface area contributed by atoms with Gasteiger partial charge in [-0.2, -0.15) is 0 Å². The molecule has 0 aliphatic carbocycles. The fourth-order valence-corrected chi connectivity index (χ4v) is 2.48. The van der Waals surface area contributed by atoms with Crippen LogP contribution in [-0.2, 0) is 16.1 Å². The van der Waals surface area contributed by atoms with E-state index < -0.39 is 0 Å². The van der Waals surface area contributed by atoms with E-state index in [-0.39, 0.29) is 42.9 Å². The molecule has 136 valence electrons. The lowest BCUT2D eigenvalue weighted by atomic mass is 10.1. The Morgan fingerprint density at radius 3 is 2.23 bits per heavy atom. The van der Waals surface area contributed by atoms with Gasteiger partial charge in [0.15, 0.2) is 5.78 Å². The Bertz CT molecular complexity index is 803. The van der Waals surface area contributed by atoms with Crippen molar-refractivity contribution in [3.05, 3.63) is 65.5 Å². The number of Topliss-reactive ketones (excluding diaryl/α,β-unsaturated/α-hetero) is 1. The summed E-state index contributed by atoms with van der Waals surface area (Å²) < 4.78 is 13.5. The summed E-state index contributed by atoms with van der Waals surface area (Å²) in [6, 6.07) is 12.9. The third-order valence-electron chi connectivity index (χ3n) is 3.96. The number of ketones is 1. The van der Waals surface area contributed by atoms with Gasteiger partial charge in [0.2, 0.25) is 11.8 Å². The summed E-state index contributed by atoms with van der Waals surface area (Å²) >= 11 is 0. The molecule has 1 N–H and O–H groups in total. The molecule has 0 unspecified atom stereocenters. The zero-order valence-electron chi connectivity index (χ0n) is 14.8. The zero-order chi connectivity index (χ0) is 19.1. The predicted octanol–water partition coefficient (Wildman–Crippen LogP) is 3.09. The first-order valence-electron chi connectivity index (χ1n) is 8.27. The summed E-state index contributed by atoms with van der Waals surface area (Å²) in [6.45, 7) is 3.17. The van der Waals surface area contributed by atoms with Crippen LogP contribution < -0.4 is 10.2 Å². The van der Waals surface area contributed by atoms with Crippen LogP contribution in [0.4, 0.5) is 10.1 Å². The van der Waals surface area contributed by atoms with E-state index in [4.69, 9.17) is 0 Å². The van der Waals surface area contributed by atoms with Crippen LogP contribution in [0.15, 0.2) is 48.5 Å². The molecule has 0 radical (unpaired) electrons. The Morgan fingerprint density at radius 2 is 1.65 bits per heavy atom. The quantitative estimate of drug-likeness (QED) is 0.775. The van der Waals surface area contributed by atoms with Gasteiger partial charge in [-0.25, -0.2) is 4.39 Å². The highest BCUT2D eigenvalue weighted by atomic mass is 19.1. The molecular formula is C20H21FN2O3. The lowest BCUT2D eigenvalue weighted by Gasteiger charge is -2.21. The van der Waals surface area contributed by atoms with E-state index in [0.717, 1.165) is 0 Å². The van der Waals surface area contributed by atoms with Crippen molar-refractivity contribution >= 4 is 23.3 Å². The van der Waals surface area contributed by atoms with E-state index in [1.54, 1.807) is 42.5 Å². The van der Waals surface area contributed by atoms with Crippen molar-refractivity contribution in [2.24, 2.45) is 0 Å². The van der Waals surface area contributed by atoms with E-state index >= 15 is 0 Å². The fraction of sp³-hybridized carbons (Fsp3) is 0.250. The summed E-state index contributed by atoms with van der Waals surface area (Å²) in [7, 11) is 0. The maximum atomic E-state index is 13.5. The number of hydrogen-bond donors (Lipinski definition) is 1. The fourth-order valence-electron chi connectivity index (χ4n) is 2.48. The second kappa shape index (κ2) is 8.89. The van der Waals surface area contributed by atoms with Crippen molar-refractivity contribution in [3.8, 4) is 0 Å². The molecular weight excluding hydrogens is 335 g/mol. The molecule has 2 aromatic carbocycles. The van der Waals surface area contributed by atoms with Crippen molar-refractivity contribution in [2.45, 2.75) is 26.8 Å². The van der Waals surface area contributed by atoms with Crippen LogP contribution in [0, 0.1) is 5.82 Å². The highest BCUT2D eigenvalue weighted by Gasteiger charge is 2.14. The minimum absolute atomic E-state index is 0.0570. The first kappa shape index (κ1) is 19.3. The summed E-state index contributed by atoms with van der Waals surface area (Å²) in [6.07, 6.45) is 0.0858. The minimum Gasteiger partial charge on any atom is -0.352 e. The topological polar surface area (TPSA) is 66.5 Å². The Kier molecular flexibility index (Phi) is 6.60. The number of halogens is 1. The Hall–Kier alpha value is -3.02. The molecule has 2 aromatic rings. The molecule has 0 spiro atoms. The molecule has 0 fully saturated rings. The van der Waals surface area contributed by atoms with Gasteiger partial charge >= 0.3 is 0 Å². The van der Waals surface area contributed by atoms with Crippen LogP contribution in [0.2, 0.25) is 0 Å². The van der Waals surface area contributed by atoms with Crippen LogP contribution >= 0.6 is 0 Å². The number of rotatable bonds is 7. The number of benzene rings is 2. The Balaban J connectivity index is 1.93. The molecule has 0 saturated carbocycles. The number of nitrogens with one attached hydrogen (secondary N) is 1. The Labute approximate surface area is 151 Å². The summed E-state index contributed by atoms with van der Waals surface area (Å²) in [5.74, 6) is -0.912. The smallest absolute Gasteiger partial charge is 0.223 e. The normalized spacial score (nSPS) is 10.3. The number of anilines is 1. The molecule has 0 aliphatic heterocycles. The number of carbonyl (C=O) groups is 3. The van der Waals surface area contributed by atoms with Crippen molar-refractivity contribution in [1.82, 2.24) is 5.32 Å². The van der Waals surface area contributed by atoms with E-state index in [1.165, 1.54) is 24.8 Å². The minimum atomic E-state index is -0.372. The van der Waals surface area contributed by atoms with E-state index in [2.05, 4.69) is 5.32 Å². The van der Waals surface area contributed by atoms with E-state index in [9.17, 15) is 18.8 Å². The number of hydrogen-bond acceptors (Lipinski definition) is 3. The first-order chi connectivity index (χ1) is 12.4. The highest BCUT2D eigenvalue weighted by Crippen LogP contribution is 2.16. The predicted molar refractivity (Wildman–Crippen MR) is 97.3 cm³/mol. The largest absolute Gasteiger partial charge is 0.352 e. The summed E-state index contributed by atoms with van der Waals surface area (Å²) in [4.78, 5) is 36.7. The Morgan fingerprint density at radius 1 is 1.00 bits per heavy atom. The van der Waals surface area contributed by atoms with Crippen LogP contribution in [-0.4, -0.2) is 24.1 Å². The number of amides is 2. The molecule has 6 heteroatoms. The molecule has 5 nitrogen and oxygen atoms in total. The van der Waals surface area contributed by atoms with E-state index in [1.807, 2.05) is 0 Å². The molecule has 0 saturated heterocycles. The molecule has 0 aliphatic rings. The van der Waals surface area contributed by atoms with Gasteiger partial charge in [0.1, 0.15) is 5.82 Å². The van der Waals surface area contributed by atoms with Gasteiger partial charge in [0.25, 0.3) is 0 Å². The van der Waals surface area contributed by atoms with Gasteiger partial charge in [-0.05, 0) is 37.3 Å². The van der Waals surface area contributed by atoms with Gasteiger partial charge in [-0.3, -0.25) is 14.4 Å². The van der Waals surface area contributed by atoms with Gasteiger partial charge in [0.05, 0.1) is 0 Å². The molecule has 0 atom stereocenters. The maximum Gasteiger partial charge on any atom is 0.223 e. The van der Waals surface area contributed by atoms with Crippen LogP contribution in [0.25, 0.3) is 0 Å². The average Bonchev–Trinajstić information content (AvgIpc) is 2.61. The SMILES string of the molecule is CC(=O)c1ccc(N(CCC(=O)NCc2ccccc2F)C(C)=O)cc1. The van der Waals surface area contributed by atoms with Gasteiger partial charge in [-0.15, -0.1) is 0 Å². The molecule has 0 bridgehead atoms. The van der Waals surface area contributed by atoms with Crippen molar-refractivity contribution < 1.29 is 18.8 Å². The zero-order valence-corrected chi connectivity index (χ0v) is 14.8. The molecule has 0 aromatic heterocycles. The lowest BCUT2D eigenvalue weighted by molar-refractivity contribution is -0.121. The number of carbonyl (C=O) groups excluding carboxylic acids is 3. The monoisotopic (exact) mass is 356 g/mol. The average molecular weight is 356 g/mol. The maximum absolute atomic E-state index is 13.5. The van der Waals surface area contributed by atoms with Crippen LogP contribution in [0.1, 0.15) is 36.2 Å². The molecule has 0 heterocycles. The van der Waals surface area contributed by atoms with Crippen molar-refractivity contribution in [2.75, 3.05) is 11.4 Å². The third kappa shape index (κ3) is 5.24. The van der Waals surface area contributed by atoms with Crippen molar-refractivity contribution in [1.29, 1.82) is 0 Å². The van der Waals surface area contributed by atoms with Crippen molar-refractivity contribution in [3.63, 3.8) is 0 Å². The van der Waals surface area contributed by atoms with E-state index in [0.29, 0.717) is 16.8 Å². The lowest BCUT2D eigenvalue weighted by Crippen LogP contribution is -2.33.